The molecule has 0 aliphatic heterocycles. The van der Waals surface area contributed by atoms with Gasteiger partial charge in [-0.1, -0.05) is 22.0 Å². The molecular formula is C8H6BrO2. The number of rotatable bonds is 2. The predicted molar refractivity (Wildman–Crippen MR) is 44.3 cm³/mol. The lowest BCUT2D eigenvalue weighted by atomic mass is 10.2. The van der Waals surface area contributed by atoms with Crippen LogP contribution >= 0.6 is 15.9 Å². The van der Waals surface area contributed by atoms with Crippen LogP contribution in [0.4, 0.5) is 0 Å². The number of carbonyl (C=O) groups is 1. The Labute approximate surface area is 73.0 Å². The van der Waals surface area contributed by atoms with Crippen molar-refractivity contribution >= 4 is 21.9 Å². The van der Waals surface area contributed by atoms with Crippen LogP contribution < -0.4 is 0 Å². The molecule has 1 rings (SSSR count). The van der Waals surface area contributed by atoms with Crippen molar-refractivity contribution in [3.63, 3.8) is 0 Å². The number of halogens is 1. The summed E-state index contributed by atoms with van der Waals surface area (Å²) < 4.78 is 0.882. The molecule has 0 aliphatic rings. The summed E-state index contributed by atoms with van der Waals surface area (Å²) in [5.74, 6) is -0.834. The molecule has 0 aliphatic carbocycles. The zero-order chi connectivity index (χ0) is 8.27. The van der Waals surface area contributed by atoms with E-state index in [1.54, 1.807) is 12.1 Å². The zero-order valence-corrected chi connectivity index (χ0v) is 7.26. The molecule has 1 N–H and O–H groups in total. The van der Waals surface area contributed by atoms with E-state index in [4.69, 9.17) is 5.11 Å². The summed E-state index contributed by atoms with van der Waals surface area (Å²) in [6.45, 7) is 0. The van der Waals surface area contributed by atoms with Crippen molar-refractivity contribution in [2.75, 3.05) is 0 Å². The van der Waals surface area contributed by atoms with E-state index >= 15 is 0 Å². The zero-order valence-electron chi connectivity index (χ0n) is 5.67. The van der Waals surface area contributed by atoms with Crippen LogP contribution in [0.2, 0.25) is 0 Å². The highest BCUT2D eigenvalue weighted by atomic mass is 79.9. The number of carboxylic acid groups (broad SMARTS) is 1. The minimum atomic E-state index is -0.834. The lowest BCUT2D eigenvalue weighted by molar-refractivity contribution is -0.136. The van der Waals surface area contributed by atoms with Gasteiger partial charge >= 0.3 is 5.97 Å². The Morgan fingerprint density at radius 2 is 2.45 bits per heavy atom. The van der Waals surface area contributed by atoms with Crippen molar-refractivity contribution in [1.29, 1.82) is 0 Å². The topological polar surface area (TPSA) is 37.3 Å². The second-order valence-electron chi connectivity index (χ2n) is 2.10. The summed E-state index contributed by atoms with van der Waals surface area (Å²) in [6, 6.07) is 8.08. The van der Waals surface area contributed by atoms with Crippen LogP contribution in [0.5, 0.6) is 0 Å². The Balaban J connectivity index is 2.79. The molecule has 1 aromatic rings. The van der Waals surface area contributed by atoms with Crippen molar-refractivity contribution < 1.29 is 9.90 Å². The van der Waals surface area contributed by atoms with E-state index in [1.165, 1.54) is 0 Å². The van der Waals surface area contributed by atoms with E-state index in [9.17, 15) is 4.79 Å². The maximum atomic E-state index is 10.2. The molecule has 0 saturated carbocycles. The molecule has 0 amide bonds. The van der Waals surface area contributed by atoms with Crippen molar-refractivity contribution in [3.05, 3.63) is 34.3 Å². The molecule has 1 aromatic carbocycles. The minimum absolute atomic E-state index is 0.0272. The van der Waals surface area contributed by atoms with Crippen molar-refractivity contribution in [3.8, 4) is 0 Å². The van der Waals surface area contributed by atoms with Gasteiger partial charge < -0.3 is 5.11 Å². The molecule has 2 nitrogen and oxygen atoms in total. The molecule has 3 heteroatoms. The fourth-order valence-corrected chi connectivity index (χ4v) is 1.16. The van der Waals surface area contributed by atoms with Crippen LogP contribution in [-0.2, 0) is 11.2 Å². The average molecular weight is 214 g/mol. The Hall–Kier alpha value is -0.830. The second kappa shape index (κ2) is 3.53. The Bertz CT molecular complexity index is 271. The van der Waals surface area contributed by atoms with Gasteiger partial charge in [-0.25, -0.2) is 0 Å². The quantitative estimate of drug-likeness (QED) is 0.815. The first kappa shape index (κ1) is 8.27. The third-order valence-corrected chi connectivity index (χ3v) is 1.66. The molecule has 57 valence electrons. The molecule has 1 radical (unpaired) electrons. The van der Waals surface area contributed by atoms with Crippen LogP contribution in [0, 0.1) is 6.07 Å². The molecule has 0 spiro atoms. The van der Waals surface area contributed by atoms with Crippen LogP contribution in [0.15, 0.2) is 22.7 Å². The summed E-state index contributed by atoms with van der Waals surface area (Å²) in [6.07, 6.45) is 0.0272. The van der Waals surface area contributed by atoms with Crippen LogP contribution in [0.1, 0.15) is 5.56 Å². The molecule has 0 saturated heterocycles. The highest BCUT2D eigenvalue weighted by molar-refractivity contribution is 9.10. The van der Waals surface area contributed by atoms with Gasteiger partial charge in [-0.15, -0.1) is 0 Å². The first-order valence-electron chi connectivity index (χ1n) is 3.06. The first-order chi connectivity index (χ1) is 5.18. The second-order valence-corrected chi connectivity index (χ2v) is 3.02. The van der Waals surface area contributed by atoms with Crippen LogP contribution in [-0.4, -0.2) is 11.1 Å². The highest BCUT2D eigenvalue weighted by Crippen LogP contribution is 2.11. The standard InChI is InChI=1S/C8H6BrO2/c9-7-3-1-2-6(4-7)5-8(10)11/h1,3-4H,5H2,(H,10,11). The smallest absolute Gasteiger partial charge is 0.307 e. The maximum Gasteiger partial charge on any atom is 0.307 e. The summed E-state index contributed by atoms with van der Waals surface area (Å²) >= 11 is 3.24. The number of hydrogen-bond acceptors (Lipinski definition) is 1. The van der Waals surface area contributed by atoms with Crippen molar-refractivity contribution in [2.45, 2.75) is 6.42 Å². The molecule has 0 aromatic heterocycles. The monoisotopic (exact) mass is 213 g/mol. The molecule has 0 bridgehead atoms. The fourth-order valence-electron chi connectivity index (χ4n) is 0.750. The summed E-state index contributed by atoms with van der Waals surface area (Å²) in [5, 5.41) is 8.42. The molecular weight excluding hydrogens is 208 g/mol. The summed E-state index contributed by atoms with van der Waals surface area (Å²) in [7, 11) is 0. The van der Waals surface area contributed by atoms with Crippen LogP contribution in [0.3, 0.4) is 0 Å². The third-order valence-electron chi connectivity index (χ3n) is 1.17. The Morgan fingerprint density at radius 3 is 3.00 bits per heavy atom. The number of hydrogen-bond donors (Lipinski definition) is 1. The third kappa shape index (κ3) is 2.72. The minimum Gasteiger partial charge on any atom is -0.481 e. The summed E-state index contributed by atoms with van der Waals surface area (Å²) in [5.41, 5.74) is 0.687. The molecule has 0 atom stereocenters. The van der Waals surface area contributed by atoms with Gasteiger partial charge in [0, 0.05) is 4.47 Å². The Kier molecular flexibility index (Phi) is 2.65. The average Bonchev–Trinajstić information content (AvgIpc) is 1.85. The fraction of sp³-hybridized carbons (Fsp3) is 0.125. The van der Waals surface area contributed by atoms with Crippen molar-refractivity contribution in [1.82, 2.24) is 0 Å². The maximum absolute atomic E-state index is 10.2. The number of benzene rings is 1. The van der Waals surface area contributed by atoms with Gasteiger partial charge in [0.05, 0.1) is 6.42 Å². The number of carboxylic acids is 1. The van der Waals surface area contributed by atoms with Gasteiger partial charge in [0.15, 0.2) is 0 Å². The lowest BCUT2D eigenvalue weighted by Crippen LogP contribution is -1.99. The molecule has 0 heterocycles. The van der Waals surface area contributed by atoms with Gasteiger partial charge in [-0.05, 0) is 23.8 Å². The lowest BCUT2D eigenvalue weighted by Gasteiger charge is -1.95. The van der Waals surface area contributed by atoms with Gasteiger partial charge in [-0.3, -0.25) is 4.79 Å². The van der Waals surface area contributed by atoms with E-state index in [0.29, 0.717) is 5.56 Å². The Morgan fingerprint density at radius 1 is 1.73 bits per heavy atom. The van der Waals surface area contributed by atoms with Crippen LogP contribution in [0.25, 0.3) is 0 Å². The van der Waals surface area contributed by atoms with E-state index in [1.807, 2.05) is 6.07 Å². The van der Waals surface area contributed by atoms with Crippen molar-refractivity contribution in [2.24, 2.45) is 0 Å². The molecule has 0 unspecified atom stereocenters. The SMILES string of the molecule is O=C(O)Cc1[c]ccc(Br)c1. The predicted octanol–water partition coefficient (Wildman–Crippen LogP) is 1.88. The number of aliphatic carboxylic acids is 1. The largest absolute Gasteiger partial charge is 0.481 e. The van der Waals surface area contributed by atoms with E-state index in [0.717, 1.165) is 4.47 Å². The van der Waals surface area contributed by atoms with E-state index in [2.05, 4.69) is 22.0 Å². The molecule has 11 heavy (non-hydrogen) atoms. The van der Waals surface area contributed by atoms with Gasteiger partial charge in [0.25, 0.3) is 0 Å². The van der Waals surface area contributed by atoms with Gasteiger partial charge in [0.1, 0.15) is 0 Å². The van der Waals surface area contributed by atoms with Gasteiger partial charge in [0.2, 0.25) is 0 Å². The van der Waals surface area contributed by atoms with E-state index in [-0.39, 0.29) is 6.42 Å². The van der Waals surface area contributed by atoms with E-state index < -0.39 is 5.97 Å². The molecule has 0 fully saturated rings. The summed E-state index contributed by atoms with van der Waals surface area (Å²) in [4.78, 5) is 10.2. The normalized spacial score (nSPS) is 9.55. The first-order valence-corrected chi connectivity index (χ1v) is 3.85. The van der Waals surface area contributed by atoms with Gasteiger partial charge in [-0.2, -0.15) is 0 Å². The highest BCUT2D eigenvalue weighted by Gasteiger charge is 1.99.